The number of carbonyl (C=O) groups excluding carboxylic acids is 1. The smallest absolute Gasteiger partial charge is 0.291 e. The van der Waals surface area contributed by atoms with E-state index in [0.29, 0.717) is 5.76 Å². The fourth-order valence-electron chi connectivity index (χ4n) is 3.01. The first-order valence-corrected chi connectivity index (χ1v) is 10.5. The molecule has 0 radical (unpaired) electrons. The quantitative estimate of drug-likeness (QED) is 0.418. The van der Waals surface area contributed by atoms with Gasteiger partial charge in [0.15, 0.2) is 5.76 Å². The van der Waals surface area contributed by atoms with E-state index >= 15 is 0 Å². The maximum Gasteiger partial charge on any atom is 0.291 e. The minimum absolute atomic E-state index is 0.127. The molecule has 0 aliphatic carbocycles. The normalized spacial score (nSPS) is 11.9. The van der Waals surface area contributed by atoms with E-state index in [4.69, 9.17) is 4.42 Å². The molecule has 5 nitrogen and oxygen atoms in total. The molecule has 4 heterocycles. The molecule has 4 aromatic heterocycles. The van der Waals surface area contributed by atoms with Crippen molar-refractivity contribution in [1.29, 1.82) is 0 Å². The van der Waals surface area contributed by atoms with E-state index in [-0.39, 0.29) is 11.9 Å². The van der Waals surface area contributed by atoms with Crippen LogP contribution in [0.25, 0.3) is 0 Å². The van der Waals surface area contributed by atoms with Gasteiger partial charge in [-0.2, -0.15) is 11.3 Å². The van der Waals surface area contributed by atoms with Crippen molar-refractivity contribution in [2.24, 2.45) is 0 Å². The van der Waals surface area contributed by atoms with E-state index in [9.17, 15) is 4.79 Å². The first-order chi connectivity index (χ1) is 13.6. The average Bonchev–Trinajstić information content (AvgIpc) is 3.45. The second-order valence-corrected chi connectivity index (χ2v) is 8.31. The van der Waals surface area contributed by atoms with Gasteiger partial charge in [0, 0.05) is 16.6 Å². The topological polar surface area (TPSA) is 67.2 Å². The predicted octanol–water partition coefficient (Wildman–Crippen LogP) is 5.87. The van der Waals surface area contributed by atoms with Crippen LogP contribution in [0.4, 0.5) is 10.8 Å². The molecule has 0 saturated heterocycles. The lowest BCUT2D eigenvalue weighted by atomic mass is 9.98. The monoisotopic (exact) mass is 409 g/mol. The number of nitrogens with one attached hydrogen (secondary N) is 2. The molecular formula is C21H19N3O2S2. The summed E-state index contributed by atoms with van der Waals surface area (Å²) in [5.74, 6) is 0.819. The number of thiophene rings is 2. The number of hydrogen-bond donors (Lipinski definition) is 2. The van der Waals surface area contributed by atoms with Crippen LogP contribution in [0.3, 0.4) is 0 Å². The van der Waals surface area contributed by atoms with Gasteiger partial charge in [0.1, 0.15) is 10.8 Å². The molecule has 0 aromatic carbocycles. The van der Waals surface area contributed by atoms with E-state index in [2.05, 4.69) is 46.3 Å². The van der Waals surface area contributed by atoms with Crippen molar-refractivity contribution in [3.63, 3.8) is 0 Å². The zero-order valence-electron chi connectivity index (χ0n) is 15.4. The Hall–Kier alpha value is -2.90. The number of rotatable bonds is 6. The molecule has 0 saturated carbocycles. The lowest BCUT2D eigenvalue weighted by Crippen LogP contribution is -2.17. The molecule has 7 heteroatoms. The van der Waals surface area contributed by atoms with E-state index in [1.165, 1.54) is 6.26 Å². The number of hydrogen-bond acceptors (Lipinski definition) is 6. The van der Waals surface area contributed by atoms with Crippen LogP contribution in [0.5, 0.6) is 0 Å². The van der Waals surface area contributed by atoms with Crippen LogP contribution in [0.15, 0.2) is 64.0 Å². The van der Waals surface area contributed by atoms with Crippen LogP contribution < -0.4 is 10.6 Å². The summed E-state index contributed by atoms with van der Waals surface area (Å²) in [6, 6.07) is 11.1. The third-order valence-electron chi connectivity index (χ3n) is 4.53. The number of furan rings is 1. The van der Waals surface area contributed by atoms with Crippen molar-refractivity contribution >= 4 is 39.4 Å². The van der Waals surface area contributed by atoms with Crippen molar-refractivity contribution in [3.8, 4) is 0 Å². The highest BCUT2D eigenvalue weighted by atomic mass is 32.1. The largest absolute Gasteiger partial charge is 0.459 e. The first-order valence-electron chi connectivity index (χ1n) is 8.78. The highest BCUT2D eigenvalue weighted by Crippen LogP contribution is 2.41. The minimum atomic E-state index is -0.255. The Kier molecular flexibility index (Phi) is 5.27. The Morgan fingerprint density at radius 1 is 1.18 bits per heavy atom. The van der Waals surface area contributed by atoms with E-state index in [1.54, 1.807) is 41.0 Å². The summed E-state index contributed by atoms with van der Waals surface area (Å²) < 4.78 is 5.24. The molecule has 1 amide bonds. The predicted molar refractivity (Wildman–Crippen MR) is 114 cm³/mol. The molecule has 0 fully saturated rings. The van der Waals surface area contributed by atoms with Gasteiger partial charge in [-0.25, -0.2) is 4.98 Å². The third kappa shape index (κ3) is 3.72. The summed E-state index contributed by atoms with van der Waals surface area (Å²) in [6.45, 7) is 4.15. The molecule has 4 rings (SSSR count). The molecule has 0 spiro atoms. The minimum Gasteiger partial charge on any atom is -0.459 e. The molecule has 0 aliphatic heterocycles. The van der Waals surface area contributed by atoms with Gasteiger partial charge < -0.3 is 15.1 Å². The molecule has 0 aliphatic rings. The van der Waals surface area contributed by atoms with Gasteiger partial charge in [-0.05, 0) is 66.1 Å². The van der Waals surface area contributed by atoms with Crippen LogP contribution >= 0.6 is 22.7 Å². The van der Waals surface area contributed by atoms with Gasteiger partial charge in [0.2, 0.25) is 0 Å². The van der Waals surface area contributed by atoms with Crippen LogP contribution in [0, 0.1) is 13.8 Å². The van der Waals surface area contributed by atoms with E-state index < -0.39 is 0 Å². The van der Waals surface area contributed by atoms with Crippen LogP contribution in [-0.2, 0) is 0 Å². The van der Waals surface area contributed by atoms with Crippen LogP contribution in [0.2, 0.25) is 0 Å². The maximum absolute atomic E-state index is 12.6. The molecule has 0 unspecified atom stereocenters. The van der Waals surface area contributed by atoms with Crippen molar-refractivity contribution in [2.45, 2.75) is 19.9 Å². The fourth-order valence-corrected chi connectivity index (χ4v) is 4.79. The summed E-state index contributed by atoms with van der Waals surface area (Å²) in [5, 5.41) is 11.5. The van der Waals surface area contributed by atoms with Gasteiger partial charge in [-0.3, -0.25) is 4.79 Å². The Labute approximate surface area is 171 Å². The van der Waals surface area contributed by atoms with Gasteiger partial charge in [0.25, 0.3) is 5.91 Å². The highest BCUT2D eigenvalue weighted by Gasteiger charge is 2.25. The van der Waals surface area contributed by atoms with Crippen LogP contribution in [0.1, 0.15) is 38.2 Å². The van der Waals surface area contributed by atoms with Gasteiger partial charge >= 0.3 is 0 Å². The Morgan fingerprint density at radius 3 is 2.75 bits per heavy atom. The van der Waals surface area contributed by atoms with E-state index in [1.807, 2.05) is 18.2 Å². The number of pyridine rings is 1. The van der Waals surface area contributed by atoms with E-state index in [0.717, 1.165) is 32.4 Å². The zero-order valence-corrected chi connectivity index (χ0v) is 17.1. The molecule has 1 atom stereocenters. The Balaban J connectivity index is 1.74. The number of aromatic nitrogens is 1. The van der Waals surface area contributed by atoms with Gasteiger partial charge in [-0.15, -0.1) is 11.3 Å². The number of carbonyl (C=O) groups is 1. The average molecular weight is 410 g/mol. The molecule has 0 bridgehead atoms. The second-order valence-electron chi connectivity index (χ2n) is 6.31. The van der Waals surface area contributed by atoms with Crippen molar-refractivity contribution in [1.82, 2.24) is 4.98 Å². The fraction of sp³-hybridized carbons (Fsp3) is 0.143. The number of nitrogens with zero attached hydrogens (tertiary/aromatic N) is 1. The summed E-state index contributed by atoms with van der Waals surface area (Å²) >= 11 is 3.22. The lowest BCUT2D eigenvalue weighted by molar-refractivity contribution is 0.0997. The molecule has 28 heavy (non-hydrogen) atoms. The summed E-state index contributed by atoms with van der Waals surface area (Å²) in [6.07, 6.45) is 3.26. The summed E-state index contributed by atoms with van der Waals surface area (Å²) in [4.78, 5) is 18.2. The maximum atomic E-state index is 12.6. The van der Waals surface area contributed by atoms with Crippen molar-refractivity contribution < 1.29 is 9.21 Å². The molecule has 2 N–H and O–H groups in total. The Morgan fingerprint density at radius 2 is 2.07 bits per heavy atom. The van der Waals surface area contributed by atoms with Gasteiger partial charge in [0.05, 0.1) is 12.3 Å². The number of anilines is 2. The molecular weight excluding hydrogens is 390 g/mol. The van der Waals surface area contributed by atoms with Crippen LogP contribution in [-0.4, -0.2) is 10.9 Å². The third-order valence-corrected chi connectivity index (χ3v) is 6.37. The lowest BCUT2D eigenvalue weighted by Gasteiger charge is -2.21. The second kappa shape index (κ2) is 8.00. The van der Waals surface area contributed by atoms with Gasteiger partial charge in [-0.1, -0.05) is 6.07 Å². The number of aryl methyl sites for hydroxylation is 1. The van der Waals surface area contributed by atoms with Crippen molar-refractivity contribution in [3.05, 3.63) is 86.9 Å². The molecule has 142 valence electrons. The summed E-state index contributed by atoms with van der Waals surface area (Å²) in [5.41, 5.74) is 3.33. The summed E-state index contributed by atoms with van der Waals surface area (Å²) in [7, 11) is 0. The number of amides is 1. The SMILES string of the molecule is Cc1sc(NC(=O)c2ccco2)c([C@@H](Nc2ccccn2)c2ccsc2)c1C. The first kappa shape index (κ1) is 18.5. The zero-order chi connectivity index (χ0) is 19.5. The van der Waals surface area contributed by atoms with Crippen molar-refractivity contribution in [2.75, 3.05) is 10.6 Å². The highest BCUT2D eigenvalue weighted by molar-refractivity contribution is 7.16. The molecule has 4 aromatic rings. The Bertz CT molecular complexity index is 1050. The standard InChI is InChI=1S/C21H19N3O2S2/c1-13-14(2)28-21(24-20(25)16-6-5-10-26-16)18(13)19(15-8-11-27-12-15)23-17-7-3-4-9-22-17/h3-12,19H,1-2H3,(H,22,23)(H,24,25)/t19-/m0/s1.